The number of para-hydroxylation sites is 1. The van der Waals surface area contributed by atoms with Gasteiger partial charge in [0.2, 0.25) is 11.8 Å². The van der Waals surface area contributed by atoms with Crippen molar-refractivity contribution < 1.29 is 23.2 Å². The van der Waals surface area contributed by atoms with Crippen molar-refractivity contribution in [1.82, 2.24) is 15.5 Å². The maximum Gasteiger partial charge on any atom is 0.259 e. The first-order valence-corrected chi connectivity index (χ1v) is 13.3. The zero-order valence-electron chi connectivity index (χ0n) is 20.8. The van der Waals surface area contributed by atoms with E-state index in [1.54, 1.807) is 36.8 Å². The summed E-state index contributed by atoms with van der Waals surface area (Å²) >= 11 is 1.23. The average Bonchev–Trinajstić information content (AvgIpc) is 3.70. The Kier molecular flexibility index (Phi) is 7.73. The van der Waals surface area contributed by atoms with Crippen molar-refractivity contribution in [3.8, 4) is 0 Å². The van der Waals surface area contributed by atoms with Crippen molar-refractivity contribution in [2.24, 2.45) is 9.98 Å². The van der Waals surface area contributed by atoms with Crippen LogP contribution in [0.2, 0.25) is 0 Å². The van der Waals surface area contributed by atoms with Crippen LogP contribution in [0.25, 0.3) is 0 Å². The summed E-state index contributed by atoms with van der Waals surface area (Å²) in [5.41, 5.74) is 1.42. The van der Waals surface area contributed by atoms with Crippen LogP contribution in [0.15, 0.2) is 79.9 Å². The second-order valence-electron chi connectivity index (χ2n) is 8.76. The Morgan fingerprint density at radius 1 is 1.03 bits per heavy atom. The number of nitrogens with zero attached hydrogens (tertiary/aromatic N) is 3. The molecule has 38 heavy (non-hydrogen) atoms. The molecule has 4 heterocycles. The number of amides is 3. The van der Waals surface area contributed by atoms with Gasteiger partial charge in [0, 0.05) is 12.0 Å². The molecular formula is C27H27N5O5S. The molecule has 0 fully saturated rings. The van der Waals surface area contributed by atoms with Crippen molar-refractivity contribution in [2.75, 3.05) is 0 Å². The first-order chi connectivity index (χ1) is 18.5. The molecule has 3 amide bonds. The molecule has 0 radical (unpaired) electrons. The number of hydrogen-bond donors (Lipinski definition) is 2. The lowest BCUT2D eigenvalue weighted by atomic mass is 10.1. The third-order valence-corrected chi connectivity index (χ3v) is 7.48. The molecule has 0 aliphatic carbocycles. The van der Waals surface area contributed by atoms with Crippen LogP contribution in [-0.2, 0) is 27.5 Å². The maximum absolute atomic E-state index is 13.5. The van der Waals surface area contributed by atoms with Crippen LogP contribution in [0, 0.1) is 0 Å². The second-order valence-corrected chi connectivity index (χ2v) is 9.93. The smallest absolute Gasteiger partial charge is 0.259 e. The molecule has 11 heteroatoms. The van der Waals surface area contributed by atoms with Crippen molar-refractivity contribution in [2.45, 2.75) is 50.6 Å². The van der Waals surface area contributed by atoms with Gasteiger partial charge in [0.25, 0.3) is 5.91 Å². The Bertz CT molecular complexity index is 1370. The third kappa shape index (κ3) is 5.57. The number of benzene rings is 1. The summed E-state index contributed by atoms with van der Waals surface area (Å²) in [4.78, 5) is 49.7. The highest BCUT2D eigenvalue weighted by Gasteiger charge is 2.42. The lowest BCUT2D eigenvalue weighted by molar-refractivity contribution is -0.125. The fourth-order valence-electron chi connectivity index (χ4n) is 4.17. The minimum Gasteiger partial charge on any atom is -0.467 e. The molecule has 1 aromatic carbocycles. The van der Waals surface area contributed by atoms with Crippen LogP contribution < -0.4 is 10.6 Å². The quantitative estimate of drug-likeness (QED) is 0.408. The molecule has 196 valence electrons. The van der Waals surface area contributed by atoms with Crippen LogP contribution in [0.3, 0.4) is 0 Å². The van der Waals surface area contributed by atoms with Gasteiger partial charge in [-0.25, -0.2) is 9.89 Å². The van der Waals surface area contributed by atoms with Crippen LogP contribution in [0.1, 0.15) is 43.3 Å². The van der Waals surface area contributed by atoms with E-state index in [1.807, 2.05) is 31.2 Å². The van der Waals surface area contributed by atoms with Gasteiger partial charge in [0.05, 0.1) is 36.6 Å². The topological polar surface area (TPSA) is 130 Å². The summed E-state index contributed by atoms with van der Waals surface area (Å²) in [5, 5.41) is 5.60. The summed E-state index contributed by atoms with van der Waals surface area (Å²) in [7, 11) is 0. The van der Waals surface area contributed by atoms with Crippen molar-refractivity contribution >= 4 is 46.2 Å². The molecule has 2 atom stereocenters. The second kappa shape index (κ2) is 11.5. The summed E-state index contributed by atoms with van der Waals surface area (Å²) < 4.78 is 10.5. The highest BCUT2D eigenvalue weighted by Crippen LogP contribution is 2.35. The van der Waals surface area contributed by atoms with Gasteiger partial charge in [-0.15, -0.1) is 0 Å². The number of carbonyl (C=O) groups is 3. The van der Waals surface area contributed by atoms with E-state index in [-0.39, 0.29) is 43.7 Å². The minimum atomic E-state index is -0.718. The van der Waals surface area contributed by atoms with Gasteiger partial charge in [-0.05, 0) is 49.2 Å². The van der Waals surface area contributed by atoms with E-state index in [0.717, 1.165) is 5.56 Å². The molecule has 3 aromatic rings. The molecule has 2 aromatic heterocycles. The van der Waals surface area contributed by atoms with E-state index >= 15 is 0 Å². The third-order valence-electron chi connectivity index (χ3n) is 6.16. The van der Waals surface area contributed by atoms with E-state index in [0.29, 0.717) is 34.6 Å². The predicted molar refractivity (Wildman–Crippen MR) is 143 cm³/mol. The Balaban J connectivity index is 1.28. The average molecular weight is 534 g/mol. The Morgan fingerprint density at radius 2 is 1.74 bits per heavy atom. The van der Waals surface area contributed by atoms with Gasteiger partial charge in [0.1, 0.15) is 23.4 Å². The molecule has 2 aliphatic rings. The number of nitrogens with one attached hydrogen (secondary N) is 2. The number of aliphatic imine (C=N–C) groups is 2. The number of thioether (sulfide) groups is 1. The fraction of sp³-hybridized carbons (Fsp3) is 0.296. The van der Waals surface area contributed by atoms with E-state index in [2.05, 4.69) is 10.6 Å². The van der Waals surface area contributed by atoms with Crippen LogP contribution in [-0.4, -0.2) is 44.9 Å². The highest BCUT2D eigenvalue weighted by molar-refractivity contribution is 8.15. The van der Waals surface area contributed by atoms with E-state index in [1.165, 1.54) is 16.7 Å². The van der Waals surface area contributed by atoms with Gasteiger partial charge in [-0.2, -0.15) is 0 Å². The lowest BCUT2D eigenvalue weighted by Gasteiger charge is -2.27. The summed E-state index contributed by atoms with van der Waals surface area (Å²) in [6.45, 7) is 2.47. The van der Waals surface area contributed by atoms with E-state index in [9.17, 15) is 14.4 Å². The molecule has 2 N–H and O–H groups in total. The van der Waals surface area contributed by atoms with Crippen LogP contribution in [0.4, 0.5) is 5.69 Å². The molecule has 0 spiro atoms. The number of fused-ring (bicyclic) bond motifs is 3. The molecule has 5 rings (SSSR count). The molecule has 0 saturated carbocycles. The summed E-state index contributed by atoms with van der Waals surface area (Å²) in [6, 6.07) is 13.8. The number of rotatable bonds is 10. The lowest BCUT2D eigenvalue weighted by Crippen LogP contribution is -2.43. The number of furan rings is 2. The first-order valence-electron chi connectivity index (χ1n) is 12.4. The Hall–Kier alpha value is -4.12. The predicted octanol–water partition coefficient (Wildman–Crippen LogP) is 3.76. The fourth-order valence-corrected chi connectivity index (χ4v) is 5.22. The SMILES string of the molecule is CC[C@H](SC1=Nc2ccccc2C2=N[C@H](CCC(=O)NCc3ccco3)C(=O)N12)C(=O)NCc1ccco1. The van der Waals surface area contributed by atoms with Crippen LogP contribution in [0.5, 0.6) is 0 Å². The zero-order chi connectivity index (χ0) is 26.5. The van der Waals surface area contributed by atoms with E-state index < -0.39 is 11.3 Å². The number of carbonyl (C=O) groups excluding carboxylic acids is 3. The van der Waals surface area contributed by atoms with Gasteiger partial charge in [-0.3, -0.25) is 19.4 Å². The monoisotopic (exact) mass is 533 g/mol. The molecule has 10 nitrogen and oxygen atoms in total. The van der Waals surface area contributed by atoms with Crippen LogP contribution >= 0.6 is 11.8 Å². The summed E-state index contributed by atoms with van der Waals surface area (Å²) in [5.74, 6) is 1.18. The number of hydrogen-bond acceptors (Lipinski definition) is 8. The van der Waals surface area contributed by atoms with Gasteiger partial charge < -0.3 is 19.5 Å². The molecule has 0 saturated heterocycles. The Morgan fingerprint density at radius 3 is 2.42 bits per heavy atom. The first kappa shape index (κ1) is 25.5. The molecule has 0 unspecified atom stereocenters. The van der Waals surface area contributed by atoms with E-state index in [4.69, 9.17) is 18.8 Å². The summed E-state index contributed by atoms with van der Waals surface area (Å²) in [6.07, 6.45) is 4.02. The minimum absolute atomic E-state index is 0.135. The largest absolute Gasteiger partial charge is 0.467 e. The standard InChI is InChI=1S/C27H27N5O5S/c1-2-22(25(34)29-16-18-8-6-14-37-18)38-27-31-20-10-4-3-9-19(20)24-30-21(26(35)32(24)27)11-12-23(33)28-15-17-7-5-13-36-17/h3-10,13-14,21-22H,2,11-12,15-16H2,1H3,(H,28,33)(H,29,34)/t21-,22+/m1/s1. The van der Waals surface area contributed by atoms with Gasteiger partial charge in [0.15, 0.2) is 5.17 Å². The molecule has 2 aliphatic heterocycles. The van der Waals surface area contributed by atoms with Crippen molar-refractivity contribution in [3.05, 3.63) is 78.1 Å². The van der Waals surface area contributed by atoms with Crippen molar-refractivity contribution in [3.63, 3.8) is 0 Å². The highest BCUT2D eigenvalue weighted by atomic mass is 32.2. The Labute approximate surface area is 223 Å². The number of amidine groups is 2. The molecular weight excluding hydrogens is 506 g/mol. The molecule has 0 bridgehead atoms. The maximum atomic E-state index is 13.5. The van der Waals surface area contributed by atoms with Gasteiger partial charge >= 0.3 is 0 Å². The normalized spacial score (nSPS) is 16.8. The van der Waals surface area contributed by atoms with Gasteiger partial charge in [-0.1, -0.05) is 30.8 Å². The zero-order valence-corrected chi connectivity index (χ0v) is 21.6. The van der Waals surface area contributed by atoms with Crippen molar-refractivity contribution in [1.29, 1.82) is 0 Å².